The number of aromatic nitrogens is 2. The molecule has 2 heterocycles. The van der Waals surface area contributed by atoms with E-state index in [1.165, 1.54) is 16.3 Å². The van der Waals surface area contributed by atoms with Crippen LogP contribution in [-0.4, -0.2) is 29.0 Å². The summed E-state index contributed by atoms with van der Waals surface area (Å²) in [4.78, 5) is 12.0. The number of hydrogen-bond acceptors (Lipinski definition) is 5. The average molecular weight is 286 g/mol. The van der Waals surface area contributed by atoms with Gasteiger partial charge in [0.05, 0.1) is 18.4 Å². The van der Waals surface area contributed by atoms with Crippen molar-refractivity contribution in [1.82, 2.24) is 9.78 Å². The number of hydrogen-bond donors (Lipinski definition) is 2. The molecule has 110 valence electrons. The van der Waals surface area contributed by atoms with E-state index in [9.17, 15) is 4.79 Å². The summed E-state index contributed by atoms with van der Waals surface area (Å²) in [6, 6.07) is 9.47. The second-order valence-electron chi connectivity index (χ2n) is 5.03. The van der Waals surface area contributed by atoms with E-state index in [1.807, 2.05) is 24.3 Å². The summed E-state index contributed by atoms with van der Waals surface area (Å²) in [6.07, 6.45) is 2.40. The summed E-state index contributed by atoms with van der Waals surface area (Å²) in [5, 5.41) is 7.22. The van der Waals surface area contributed by atoms with Crippen LogP contribution in [0.5, 0.6) is 5.75 Å². The van der Waals surface area contributed by atoms with E-state index in [-0.39, 0.29) is 11.7 Å². The quantitative estimate of drug-likeness (QED) is 0.842. The first-order valence-corrected chi connectivity index (χ1v) is 7.02. The first-order chi connectivity index (χ1) is 10.3. The van der Waals surface area contributed by atoms with Crippen molar-refractivity contribution in [1.29, 1.82) is 0 Å². The minimum atomic E-state index is -0.142. The maximum atomic E-state index is 12.0. The van der Waals surface area contributed by atoms with Crippen molar-refractivity contribution in [3.8, 4) is 5.75 Å². The van der Waals surface area contributed by atoms with Gasteiger partial charge in [0.25, 0.3) is 5.56 Å². The van der Waals surface area contributed by atoms with Crippen LogP contribution in [0.1, 0.15) is 5.56 Å². The Bertz CT molecular complexity index is 658. The Kier molecular flexibility index (Phi) is 3.87. The highest BCUT2D eigenvalue weighted by Crippen LogP contribution is 2.28. The van der Waals surface area contributed by atoms with Gasteiger partial charge >= 0.3 is 0 Å². The molecular weight excluding hydrogens is 268 g/mol. The fourth-order valence-corrected chi connectivity index (χ4v) is 2.43. The van der Waals surface area contributed by atoms with E-state index in [1.54, 1.807) is 6.20 Å². The number of benzene rings is 1. The minimum Gasteiger partial charge on any atom is -0.488 e. The van der Waals surface area contributed by atoms with Gasteiger partial charge in [0.1, 0.15) is 11.9 Å². The molecule has 0 fully saturated rings. The molecule has 1 unspecified atom stereocenters. The fraction of sp³-hybridized carbons (Fsp3) is 0.333. The van der Waals surface area contributed by atoms with Crippen LogP contribution < -0.4 is 21.3 Å². The van der Waals surface area contributed by atoms with Crippen molar-refractivity contribution in [3.05, 3.63) is 52.4 Å². The monoisotopic (exact) mass is 286 g/mol. The summed E-state index contributed by atoms with van der Waals surface area (Å²) >= 11 is 0. The first kappa shape index (κ1) is 13.6. The smallest absolute Gasteiger partial charge is 0.268 e. The highest BCUT2D eigenvalue weighted by atomic mass is 16.5. The zero-order valence-corrected chi connectivity index (χ0v) is 11.7. The lowest BCUT2D eigenvalue weighted by molar-refractivity contribution is 0.200. The Hall–Kier alpha value is -2.34. The molecule has 0 bridgehead atoms. The lowest BCUT2D eigenvalue weighted by Gasteiger charge is -2.12. The van der Waals surface area contributed by atoms with Crippen molar-refractivity contribution >= 4 is 5.69 Å². The van der Waals surface area contributed by atoms with Crippen LogP contribution >= 0.6 is 0 Å². The third-order valence-corrected chi connectivity index (χ3v) is 3.43. The van der Waals surface area contributed by atoms with Gasteiger partial charge < -0.3 is 15.8 Å². The van der Waals surface area contributed by atoms with Gasteiger partial charge in [0, 0.05) is 25.6 Å². The Morgan fingerprint density at radius 3 is 3.05 bits per heavy atom. The van der Waals surface area contributed by atoms with Crippen molar-refractivity contribution in [2.75, 3.05) is 18.4 Å². The van der Waals surface area contributed by atoms with Gasteiger partial charge in [-0.25, -0.2) is 4.68 Å². The van der Waals surface area contributed by atoms with Gasteiger partial charge in [-0.3, -0.25) is 4.79 Å². The molecule has 0 saturated carbocycles. The van der Waals surface area contributed by atoms with Crippen LogP contribution in [0.4, 0.5) is 5.69 Å². The van der Waals surface area contributed by atoms with Gasteiger partial charge in [-0.2, -0.15) is 5.10 Å². The predicted octanol–water partition coefficient (Wildman–Crippen LogP) is 0.618. The summed E-state index contributed by atoms with van der Waals surface area (Å²) in [5.74, 6) is 0.900. The van der Waals surface area contributed by atoms with Crippen LogP contribution in [0, 0.1) is 0 Å². The minimum absolute atomic E-state index is 0.0459. The number of ether oxygens (including phenoxy) is 1. The highest BCUT2D eigenvalue weighted by Gasteiger charge is 2.23. The van der Waals surface area contributed by atoms with Crippen LogP contribution in [0.3, 0.4) is 0 Å². The number of rotatable bonds is 5. The molecule has 1 aliphatic rings. The Labute approximate surface area is 122 Å². The molecule has 3 rings (SSSR count). The van der Waals surface area contributed by atoms with Crippen LogP contribution in [0.15, 0.2) is 41.3 Å². The molecule has 0 spiro atoms. The molecule has 0 radical (unpaired) electrons. The first-order valence-electron chi connectivity index (χ1n) is 7.02. The molecule has 1 aromatic heterocycles. The Balaban J connectivity index is 1.68. The second kappa shape index (κ2) is 5.97. The molecule has 1 aromatic carbocycles. The lowest BCUT2D eigenvalue weighted by atomic mass is 10.1. The predicted molar refractivity (Wildman–Crippen MR) is 80.6 cm³/mol. The molecule has 3 N–H and O–H groups in total. The van der Waals surface area contributed by atoms with Gasteiger partial charge in [-0.15, -0.1) is 0 Å². The molecule has 0 aliphatic carbocycles. The SMILES string of the molecule is NCCNc1cnn(CC2Cc3ccccc3O2)c(=O)c1. The lowest BCUT2D eigenvalue weighted by Crippen LogP contribution is -2.30. The Morgan fingerprint density at radius 2 is 2.29 bits per heavy atom. The topological polar surface area (TPSA) is 82.2 Å². The zero-order chi connectivity index (χ0) is 14.7. The maximum Gasteiger partial charge on any atom is 0.268 e. The highest BCUT2D eigenvalue weighted by molar-refractivity contribution is 5.39. The van der Waals surface area contributed by atoms with Gasteiger partial charge in [0.15, 0.2) is 0 Å². The molecular formula is C15H18N4O2. The molecule has 6 nitrogen and oxygen atoms in total. The largest absolute Gasteiger partial charge is 0.488 e. The van der Waals surface area contributed by atoms with E-state index in [4.69, 9.17) is 10.5 Å². The average Bonchev–Trinajstić information content (AvgIpc) is 2.90. The van der Waals surface area contributed by atoms with E-state index in [0.717, 1.165) is 12.2 Å². The molecule has 1 aliphatic heterocycles. The van der Waals surface area contributed by atoms with Crippen LogP contribution in [-0.2, 0) is 13.0 Å². The van der Waals surface area contributed by atoms with Gasteiger partial charge in [-0.05, 0) is 11.6 Å². The molecule has 1 atom stereocenters. The molecule has 2 aromatic rings. The maximum absolute atomic E-state index is 12.0. The fourth-order valence-electron chi connectivity index (χ4n) is 2.43. The third-order valence-electron chi connectivity index (χ3n) is 3.43. The number of nitrogens with one attached hydrogen (secondary N) is 1. The van der Waals surface area contributed by atoms with Gasteiger partial charge in [0.2, 0.25) is 0 Å². The van der Waals surface area contributed by atoms with Crippen LogP contribution in [0.2, 0.25) is 0 Å². The summed E-state index contributed by atoms with van der Waals surface area (Å²) in [7, 11) is 0. The molecule has 21 heavy (non-hydrogen) atoms. The van der Waals surface area contributed by atoms with Crippen molar-refractivity contribution in [2.24, 2.45) is 5.73 Å². The number of nitrogens with two attached hydrogens (primary N) is 1. The molecule has 0 amide bonds. The van der Waals surface area contributed by atoms with Crippen molar-refractivity contribution < 1.29 is 4.74 Å². The Morgan fingerprint density at radius 1 is 1.43 bits per heavy atom. The van der Waals surface area contributed by atoms with E-state index in [0.29, 0.717) is 25.3 Å². The van der Waals surface area contributed by atoms with Gasteiger partial charge in [-0.1, -0.05) is 18.2 Å². The second-order valence-corrected chi connectivity index (χ2v) is 5.03. The zero-order valence-electron chi connectivity index (χ0n) is 11.7. The summed E-state index contributed by atoms with van der Waals surface area (Å²) < 4.78 is 7.26. The van der Waals surface area contributed by atoms with Crippen molar-refractivity contribution in [3.63, 3.8) is 0 Å². The number of para-hydroxylation sites is 1. The molecule has 0 saturated heterocycles. The van der Waals surface area contributed by atoms with Crippen LogP contribution in [0.25, 0.3) is 0 Å². The standard InChI is InChI=1S/C15H18N4O2/c16-5-6-17-12-8-15(20)19(18-9-12)10-13-7-11-3-1-2-4-14(11)21-13/h1-4,8-9,13,17H,5-7,10,16H2. The number of anilines is 1. The van der Waals surface area contributed by atoms with E-state index >= 15 is 0 Å². The normalized spacial score (nSPS) is 16.3. The van der Waals surface area contributed by atoms with E-state index < -0.39 is 0 Å². The number of fused-ring (bicyclic) bond motifs is 1. The summed E-state index contributed by atoms with van der Waals surface area (Å²) in [5.41, 5.74) is 7.14. The van der Waals surface area contributed by atoms with Crippen molar-refractivity contribution in [2.45, 2.75) is 19.1 Å². The molecule has 6 heteroatoms. The third kappa shape index (κ3) is 3.05. The summed E-state index contributed by atoms with van der Waals surface area (Å²) in [6.45, 7) is 1.58. The number of nitrogens with zero attached hydrogens (tertiary/aromatic N) is 2. The van der Waals surface area contributed by atoms with E-state index in [2.05, 4.69) is 10.4 Å².